The molecule has 3 amide bonds. The van der Waals surface area contributed by atoms with Crippen molar-refractivity contribution in [2.24, 2.45) is 5.73 Å². The monoisotopic (exact) mass is 460 g/mol. The highest BCUT2D eigenvalue weighted by atomic mass is 19.3. The second kappa shape index (κ2) is 8.57. The molecule has 0 unspecified atom stereocenters. The van der Waals surface area contributed by atoms with Gasteiger partial charge in [-0.05, 0) is 42.0 Å². The maximum atomic E-state index is 14.4. The topological polar surface area (TPSA) is 125 Å². The number of halogens is 3. The molecule has 2 heterocycles. The van der Waals surface area contributed by atoms with Gasteiger partial charge in [0.25, 0.3) is 5.91 Å². The van der Waals surface area contributed by atoms with Crippen LogP contribution >= 0.6 is 0 Å². The van der Waals surface area contributed by atoms with Crippen molar-refractivity contribution in [2.45, 2.75) is 12.9 Å². The fourth-order valence-electron chi connectivity index (χ4n) is 2.86. The summed E-state index contributed by atoms with van der Waals surface area (Å²) in [5, 5.41) is 4.68. The van der Waals surface area contributed by atoms with E-state index in [2.05, 4.69) is 25.1 Å². The number of hydrogen-bond donors (Lipinski definition) is 3. The number of hydrogen-bond acceptors (Lipinski definition) is 6. The normalized spacial score (nSPS) is 13.3. The van der Waals surface area contributed by atoms with Crippen molar-refractivity contribution in [3.8, 4) is 17.2 Å². The lowest BCUT2D eigenvalue weighted by Gasteiger charge is -2.11. The van der Waals surface area contributed by atoms with Crippen molar-refractivity contribution in [2.75, 3.05) is 10.6 Å². The minimum absolute atomic E-state index is 0.0264. The number of benzene rings is 2. The van der Waals surface area contributed by atoms with Gasteiger partial charge in [0.15, 0.2) is 11.5 Å². The number of carbonyl (C=O) groups is 2. The zero-order valence-corrected chi connectivity index (χ0v) is 16.6. The van der Waals surface area contributed by atoms with E-state index in [9.17, 15) is 22.8 Å². The Bertz CT molecular complexity index is 1240. The summed E-state index contributed by atoms with van der Waals surface area (Å²) in [6, 6.07) is 9.69. The van der Waals surface area contributed by atoms with Crippen LogP contribution in [0, 0.1) is 5.82 Å². The summed E-state index contributed by atoms with van der Waals surface area (Å²) in [5.74, 6) is -1.71. The first-order valence-corrected chi connectivity index (χ1v) is 9.33. The third kappa shape index (κ3) is 5.23. The summed E-state index contributed by atoms with van der Waals surface area (Å²) in [6.07, 6.45) is -2.38. The highest BCUT2D eigenvalue weighted by Crippen LogP contribution is 2.42. The number of alkyl halides is 2. The fourth-order valence-corrected chi connectivity index (χ4v) is 2.86. The molecule has 0 bridgehead atoms. The quantitative estimate of drug-likeness (QED) is 0.513. The molecule has 0 saturated heterocycles. The van der Waals surface area contributed by atoms with Gasteiger partial charge >= 0.3 is 12.3 Å². The number of carbonyl (C=O) groups excluding carboxylic acids is 2. The van der Waals surface area contributed by atoms with E-state index in [0.717, 1.165) is 12.1 Å². The minimum Gasteiger partial charge on any atom is -0.489 e. The molecule has 33 heavy (non-hydrogen) atoms. The van der Waals surface area contributed by atoms with Crippen molar-refractivity contribution in [3.63, 3.8) is 0 Å². The SMILES string of the molecule is NC(=O)c1cc(COc2ccc(NC(=O)Nc3ccc4c(c3)OC(F)(F)O4)c(F)c2)ccn1. The van der Waals surface area contributed by atoms with Crippen molar-refractivity contribution in [1.29, 1.82) is 0 Å². The lowest BCUT2D eigenvalue weighted by molar-refractivity contribution is -0.286. The van der Waals surface area contributed by atoms with Gasteiger partial charge in [0, 0.05) is 24.0 Å². The Morgan fingerprint density at radius 1 is 1.03 bits per heavy atom. The van der Waals surface area contributed by atoms with E-state index in [1.54, 1.807) is 6.07 Å². The lowest BCUT2D eigenvalue weighted by Crippen LogP contribution is -2.25. The van der Waals surface area contributed by atoms with Crippen LogP contribution < -0.4 is 30.6 Å². The zero-order chi connectivity index (χ0) is 23.6. The van der Waals surface area contributed by atoms with E-state index in [1.165, 1.54) is 36.5 Å². The van der Waals surface area contributed by atoms with Crippen molar-refractivity contribution in [1.82, 2.24) is 4.98 Å². The number of anilines is 2. The van der Waals surface area contributed by atoms with Gasteiger partial charge in [-0.3, -0.25) is 9.78 Å². The van der Waals surface area contributed by atoms with E-state index in [-0.39, 0.29) is 40.9 Å². The number of nitrogens with one attached hydrogen (secondary N) is 2. The van der Waals surface area contributed by atoms with Crippen molar-refractivity contribution in [3.05, 3.63) is 71.8 Å². The maximum Gasteiger partial charge on any atom is 0.586 e. The molecule has 4 N–H and O–H groups in total. The number of fused-ring (bicyclic) bond motifs is 1. The summed E-state index contributed by atoms with van der Waals surface area (Å²) in [4.78, 5) is 27.2. The Hall–Kier alpha value is -4.48. The Balaban J connectivity index is 1.35. The number of urea groups is 1. The molecule has 2 aromatic carbocycles. The van der Waals surface area contributed by atoms with Gasteiger partial charge in [0.2, 0.25) is 0 Å². The van der Waals surface area contributed by atoms with Gasteiger partial charge in [-0.1, -0.05) is 0 Å². The van der Waals surface area contributed by atoms with E-state index in [0.29, 0.717) is 5.56 Å². The highest BCUT2D eigenvalue weighted by molar-refractivity contribution is 6.00. The second-order valence-corrected chi connectivity index (χ2v) is 6.75. The van der Waals surface area contributed by atoms with Crippen molar-refractivity contribution >= 4 is 23.3 Å². The molecule has 0 radical (unpaired) electrons. The Morgan fingerprint density at radius 3 is 2.58 bits per heavy atom. The number of aromatic nitrogens is 1. The third-order valence-electron chi connectivity index (χ3n) is 4.33. The van der Waals surface area contributed by atoms with E-state index < -0.39 is 24.1 Å². The predicted octanol–water partition coefficient (Wildman–Crippen LogP) is 3.86. The number of amides is 3. The van der Waals surface area contributed by atoms with Gasteiger partial charge in [-0.2, -0.15) is 0 Å². The number of rotatable bonds is 6. The van der Waals surface area contributed by atoms with Gasteiger partial charge in [-0.15, -0.1) is 8.78 Å². The standard InChI is InChI=1S/C21H15F3N4O5/c22-14-9-13(31-10-11-5-6-26-16(7-11)19(25)29)2-3-15(14)28-20(30)27-12-1-4-17-18(8-12)33-21(23,24)32-17/h1-9H,10H2,(H2,25,29)(H2,27,28,30). The molecule has 4 rings (SSSR count). The molecule has 3 aromatic rings. The molecule has 1 aliphatic heterocycles. The summed E-state index contributed by atoms with van der Waals surface area (Å²) in [7, 11) is 0. The molecule has 0 atom stereocenters. The molecule has 0 spiro atoms. The molecule has 1 aliphatic rings. The van der Waals surface area contributed by atoms with Crippen LogP contribution in [0.2, 0.25) is 0 Å². The largest absolute Gasteiger partial charge is 0.586 e. The molecule has 12 heteroatoms. The number of pyridine rings is 1. The Morgan fingerprint density at radius 2 is 1.82 bits per heavy atom. The van der Waals surface area contributed by atoms with Crippen LogP contribution in [0.5, 0.6) is 17.2 Å². The zero-order valence-electron chi connectivity index (χ0n) is 16.6. The molecular formula is C21H15F3N4O5. The third-order valence-corrected chi connectivity index (χ3v) is 4.33. The average Bonchev–Trinajstić information content (AvgIpc) is 3.07. The number of nitrogens with zero attached hydrogens (tertiary/aromatic N) is 1. The molecule has 0 fully saturated rings. The Kier molecular flexibility index (Phi) is 5.65. The van der Waals surface area contributed by atoms with Crippen LogP contribution in [-0.4, -0.2) is 23.2 Å². The summed E-state index contributed by atoms with van der Waals surface area (Å²) < 4.78 is 54.6. The molecular weight excluding hydrogens is 445 g/mol. The van der Waals surface area contributed by atoms with Crippen LogP contribution in [0.15, 0.2) is 54.7 Å². The maximum absolute atomic E-state index is 14.4. The number of ether oxygens (including phenoxy) is 3. The van der Waals surface area contributed by atoms with Gasteiger partial charge in [0.1, 0.15) is 23.9 Å². The summed E-state index contributed by atoms with van der Waals surface area (Å²) in [6.45, 7) is 0.0264. The molecule has 0 saturated carbocycles. The molecule has 0 aliphatic carbocycles. The molecule has 9 nitrogen and oxygen atoms in total. The first-order valence-electron chi connectivity index (χ1n) is 9.33. The molecule has 1 aromatic heterocycles. The fraction of sp³-hybridized carbons (Fsp3) is 0.0952. The van der Waals surface area contributed by atoms with Gasteiger partial charge in [0.05, 0.1) is 5.69 Å². The second-order valence-electron chi connectivity index (χ2n) is 6.75. The van der Waals surface area contributed by atoms with E-state index in [1.807, 2.05) is 0 Å². The van der Waals surface area contributed by atoms with E-state index in [4.69, 9.17) is 10.5 Å². The molecule has 170 valence electrons. The van der Waals surface area contributed by atoms with Gasteiger partial charge in [-0.25, -0.2) is 9.18 Å². The number of primary amides is 1. The van der Waals surface area contributed by atoms with Crippen LogP contribution in [0.4, 0.5) is 29.3 Å². The summed E-state index contributed by atoms with van der Waals surface area (Å²) >= 11 is 0. The number of nitrogens with two attached hydrogens (primary N) is 1. The summed E-state index contributed by atoms with van der Waals surface area (Å²) in [5.41, 5.74) is 5.83. The first kappa shape index (κ1) is 21.7. The van der Waals surface area contributed by atoms with Crippen LogP contribution in [0.3, 0.4) is 0 Å². The smallest absolute Gasteiger partial charge is 0.489 e. The Labute approximate surface area is 184 Å². The lowest BCUT2D eigenvalue weighted by atomic mass is 10.2. The minimum atomic E-state index is -3.78. The van der Waals surface area contributed by atoms with Crippen LogP contribution in [-0.2, 0) is 6.61 Å². The van der Waals surface area contributed by atoms with E-state index >= 15 is 0 Å². The predicted molar refractivity (Wildman–Crippen MR) is 109 cm³/mol. The highest BCUT2D eigenvalue weighted by Gasteiger charge is 2.43. The van der Waals surface area contributed by atoms with Crippen molar-refractivity contribution < 1.29 is 37.0 Å². The van der Waals surface area contributed by atoms with Crippen LogP contribution in [0.1, 0.15) is 16.1 Å². The van der Waals surface area contributed by atoms with Gasteiger partial charge < -0.3 is 30.6 Å². The first-order chi connectivity index (χ1) is 15.7. The average molecular weight is 460 g/mol. The van der Waals surface area contributed by atoms with Crippen LogP contribution in [0.25, 0.3) is 0 Å².